The van der Waals surface area contributed by atoms with Gasteiger partial charge in [0.2, 0.25) is 0 Å². The van der Waals surface area contributed by atoms with E-state index in [2.05, 4.69) is 37.8 Å². The maximum absolute atomic E-state index is 6.20. The van der Waals surface area contributed by atoms with Crippen LogP contribution in [-0.2, 0) is 22.5 Å². The molecule has 0 amide bonds. The quantitative estimate of drug-likeness (QED) is 0.581. The van der Waals surface area contributed by atoms with E-state index in [4.69, 9.17) is 14.2 Å². The van der Waals surface area contributed by atoms with Gasteiger partial charge in [-0.15, -0.1) is 0 Å². The fourth-order valence-electron chi connectivity index (χ4n) is 2.51. The summed E-state index contributed by atoms with van der Waals surface area (Å²) in [6.45, 7) is 9.03. The van der Waals surface area contributed by atoms with Crippen LogP contribution in [0.25, 0.3) is 0 Å². The number of hydrogen-bond acceptors (Lipinski definition) is 3. The van der Waals surface area contributed by atoms with Gasteiger partial charge in [-0.05, 0) is 37.1 Å². The highest BCUT2D eigenvalue weighted by Crippen LogP contribution is 2.17. The highest BCUT2D eigenvalue weighted by Gasteiger charge is 2.19. The number of methoxy groups -OCH3 is 1. The van der Waals surface area contributed by atoms with Gasteiger partial charge >= 0.3 is 0 Å². The van der Waals surface area contributed by atoms with Crippen LogP contribution in [-0.4, -0.2) is 25.9 Å². The summed E-state index contributed by atoms with van der Waals surface area (Å²) in [4.78, 5) is 0. The summed E-state index contributed by atoms with van der Waals surface area (Å²) >= 11 is 0. The van der Waals surface area contributed by atoms with Crippen LogP contribution in [0.1, 0.15) is 25.0 Å². The first kappa shape index (κ1) is 19.2. The normalized spacial score (nSPS) is 13.2. The molecule has 25 heavy (non-hydrogen) atoms. The molecule has 0 bridgehead atoms. The van der Waals surface area contributed by atoms with E-state index in [1.807, 2.05) is 37.3 Å². The highest BCUT2D eigenvalue weighted by molar-refractivity contribution is 5.26. The molecule has 0 N–H and O–H groups in total. The first-order valence-corrected chi connectivity index (χ1v) is 8.63. The Hall–Kier alpha value is -2.10. The molecule has 3 heteroatoms. The molecule has 0 spiro atoms. The summed E-state index contributed by atoms with van der Waals surface area (Å²) in [6, 6.07) is 18.3. The van der Waals surface area contributed by atoms with Crippen molar-refractivity contribution in [3.05, 3.63) is 77.9 Å². The molecular weight excluding hydrogens is 312 g/mol. The standard InChI is InChI=1S/C22H28O3/c1-17(2)15-24-18(3)22(14-19-8-6-5-7-9-19)25-16-20-10-12-21(23-4)13-11-20/h5-13,18,22H,1,14-16H2,2-4H3. The van der Waals surface area contributed by atoms with Gasteiger partial charge in [-0.3, -0.25) is 0 Å². The molecule has 0 saturated heterocycles. The minimum absolute atomic E-state index is 0.0184. The number of benzene rings is 2. The largest absolute Gasteiger partial charge is 0.497 e. The molecule has 0 aromatic heterocycles. The molecule has 0 saturated carbocycles. The molecule has 2 rings (SSSR count). The van der Waals surface area contributed by atoms with Crippen molar-refractivity contribution in [2.75, 3.05) is 13.7 Å². The molecular formula is C22H28O3. The van der Waals surface area contributed by atoms with Gasteiger partial charge in [-0.25, -0.2) is 0 Å². The Labute approximate surface area is 151 Å². The molecule has 0 fully saturated rings. The van der Waals surface area contributed by atoms with Crippen LogP contribution in [0.4, 0.5) is 0 Å². The van der Waals surface area contributed by atoms with Gasteiger partial charge in [-0.1, -0.05) is 54.6 Å². The fourth-order valence-corrected chi connectivity index (χ4v) is 2.51. The van der Waals surface area contributed by atoms with Crippen LogP contribution in [0, 0.1) is 0 Å². The van der Waals surface area contributed by atoms with Crippen molar-refractivity contribution >= 4 is 0 Å². The highest BCUT2D eigenvalue weighted by atomic mass is 16.5. The van der Waals surface area contributed by atoms with Gasteiger partial charge in [0, 0.05) is 6.42 Å². The predicted molar refractivity (Wildman–Crippen MR) is 102 cm³/mol. The maximum Gasteiger partial charge on any atom is 0.118 e. The average molecular weight is 340 g/mol. The summed E-state index contributed by atoms with van der Waals surface area (Å²) in [5, 5.41) is 0. The second kappa shape index (κ2) is 10.0. The lowest BCUT2D eigenvalue weighted by molar-refractivity contribution is -0.0654. The third-order valence-electron chi connectivity index (χ3n) is 4.02. The van der Waals surface area contributed by atoms with Crippen LogP contribution in [0.3, 0.4) is 0 Å². The van der Waals surface area contributed by atoms with Crippen LogP contribution in [0.2, 0.25) is 0 Å². The van der Waals surface area contributed by atoms with E-state index in [0.29, 0.717) is 13.2 Å². The Morgan fingerprint density at radius 1 is 0.960 bits per heavy atom. The fraction of sp³-hybridized carbons (Fsp3) is 0.364. The second-order valence-electron chi connectivity index (χ2n) is 6.36. The topological polar surface area (TPSA) is 27.7 Å². The molecule has 134 valence electrons. The summed E-state index contributed by atoms with van der Waals surface area (Å²) in [7, 11) is 1.67. The lowest BCUT2D eigenvalue weighted by Crippen LogP contribution is -2.31. The van der Waals surface area contributed by atoms with Crippen molar-refractivity contribution in [3.63, 3.8) is 0 Å². The van der Waals surface area contributed by atoms with Crippen LogP contribution in [0.5, 0.6) is 5.75 Å². The zero-order valence-electron chi connectivity index (χ0n) is 15.4. The van der Waals surface area contributed by atoms with Crippen molar-refractivity contribution in [1.82, 2.24) is 0 Å². The molecule has 0 aliphatic rings. The summed E-state index contributed by atoms with van der Waals surface area (Å²) < 4.78 is 17.3. The Morgan fingerprint density at radius 3 is 2.24 bits per heavy atom. The van der Waals surface area contributed by atoms with Gasteiger partial charge in [0.25, 0.3) is 0 Å². The number of ether oxygens (including phenoxy) is 3. The third kappa shape index (κ3) is 6.73. The number of rotatable bonds is 10. The molecule has 2 unspecified atom stereocenters. The smallest absolute Gasteiger partial charge is 0.118 e. The van der Waals surface area contributed by atoms with Crippen molar-refractivity contribution < 1.29 is 14.2 Å². The second-order valence-corrected chi connectivity index (χ2v) is 6.36. The Bertz CT molecular complexity index is 634. The van der Waals surface area contributed by atoms with Crippen molar-refractivity contribution in [1.29, 1.82) is 0 Å². The van der Waals surface area contributed by atoms with E-state index in [0.717, 1.165) is 23.3 Å². The van der Waals surface area contributed by atoms with Crippen LogP contribution < -0.4 is 4.74 Å². The predicted octanol–water partition coefficient (Wildman–Crippen LogP) is 4.80. The summed E-state index contributed by atoms with van der Waals surface area (Å²) in [5.74, 6) is 0.850. The zero-order valence-corrected chi connectivity index (χ0v) is 15.4. The van der Waals surface area contributed by atoms with E-state index >= 15 is 0 Å². The van der Waals surface area contributed by atoms with Crippen molar-refractivity contribution in [2.45, 2.75) is 39.1 Å². The lowest BCUT2D eigenvalue weighted by Gasteiger charge is -2.25. The van der Waals surface area contributed by atoms with E-state index in [1.54, 1.807) is 7.11 Å². The van der Waals surface area contributed by atoms with E-state index in [-0.39, 0.29) is 12.2 Å². The Balaban J connectivity index is 2.00. The Kier molecular flexibility index (Phi) is 7.71. The van der Waals surface area contributed by atoms with Gasteiger partial charge in [0.1, 0.15) is 5.75 Å². The van der Waals surface area contributed by atoms with E-state index in [1.165, 1.54) is 5.56 Å². The molecule has 2 atom stereocenters. The molecule has 0 heterocycles. The molecule has 2 aromatic carbocycles. The first-order valence-electron chi connectivity index (χ1n) is 8.63. The Morgan fingerprint density at radius 2 is 1.64 bits per heavy atom. The van der Waals surface area contributed by atoms with E-state index in [9.17, 15) is 0 Å². The zero-order chi connectivity index (χ0) is 18.1. The van der Waals surface area contributed by atoms with Gasteiger partial charge in [0.05, 0.1) is 32.5 Å². The molecule has 3 nitrogen and oxygen atoms in total. The lowest BCUT2D eigenvalue weighted by atomic mass is 10.0. The molecule has 0 radical (unpaired) electrons. The minimum Gasteiger partial charge on any atom is -0.497 e. The summed E-state index contributed by atoms with van der Waals surface area (Å²) in [6.07, 6.45) is 0.771. The van der Waals surface area contributed by atoms with Gasteiger partial charge in [-0.2, -0.15) is 0 Å². The monoisotopic (exact) mass is 340 g/mol. The summed E-state index contributed by atoms with van der Waals surface area (Å²) in [5.41, 5.74) is 3.37. The van der Waals surface area contributed by atoms with E-state index < -0.39 is 0 Å². The first-order chi connectivity index (χ1) is 12.1. The third-order valence-corrected chi connectivity index (χ3v) is 4.02. The van der Waals surface area contributed by atoms with Crippen LogP contribution in [0.15, 0.2) is 66.7 Å². The minimum atomic E-state index is -0.0242. The van der Waals surface area contributed by atoms with Crippen molar-refractivity contribution in [2.24, 2.45) is 0 Å². The number of hydrogen-bond donors (Lipinski definition) is 0. The molecule has 2 aromatic rings. The van der Waals surface area contributed by atoms with Gasteiger partial charge in [0.15, 0.2) is 0 Å². The average Bonchev–Trinajstić information content (AvgIpc) is 2.64. The van der Waals surface area contributed by atoms with Crippen LogP contribution >= 0.6 is 0 Å². The molecule has 0 aliphatic carbocycles. The van der Waals surface area contributed by atoms with Crippen molar-refractivity contribution in [3.8, 4) is 5.75 Å². The SMILES string of the molecule is C=C(C)COC(C)C(Cc1ccccc1)OCc1ccc(OC)cc1. The molecule has 0 aliphatic heterocycles. The maximum atomic E-state index is 6.20. The van der Waals surface area contributed by atoms with Gasteiger partial charge < -0.3 is 14.2 Å².